The van der Waals surface area contributed by atoms with Crippen LogP contribution in [0, 0.1) is 0 Å². The molecule has 0 unspecified atom stereocenters. The van der Waals surface area contributed by atoms with Gasteiger partial charge in [0.2, 0.25) is 0 Å². The standard InChI is InChI=1S/C26H26N2O6S2/c1-26(2,3)34-25(29)27-18-20(23-16-10-11-17-24(23)27)19-28(35(30,31)21-12-6-4-7-13-21)36(32,33)22-14-8-5-9-15-22/h4-18H,19H2,1-3H3. The molecule has 1 aromatic heterocycles. The van der Waals surface area contributed by atoms with Crippen LogP contribution in [-0.4, -0.2) is 36.8 Å². The van der Waals surface area contributed by atoms with E-state index in [2.05, 4.69) is 0 Å². The number of rotatable bonds is 6. The number of fused-ring (bicyclic) bond motifs is 1. The second-order valence-corrected chi connectivity index (χ2v) is 13.0. The quantitative estimate of drug-likeness (QED) is 0.350. The zero-order valence-electron chi connectivity index (χ0n) is 20.0. The molecule has 1 heterocycles. The number of sulfonamides is 2. The Morgan fingerprint density at radius 2 is 1.25 bits per heavy atom. The van der Waals surface area contributed by atoms with Gasteiger partial charge in [-0.3, -0.25) is 4.57 Å². The lowest BCUT2D eigenvalue weighted by Crippen LogP contribution is -2.36. The maximum Gasteiger partial charge on any atom is 0.419 e. The second-order valence-electron chi connectivity index (χ2n) is 9.09. The molecule has 0 aliphatic carbocycles. The highest BCUT2D eigenvalue weighted by Gasteiger charge is 2.37. The molecule has 0 fully saturated rings. The van der Waals surface area contributed by atoms with Crippen LogP contribution in [0.5, 0.6) is 0 Å². The minimum absolute atomic E-state index is 0.166. The van der Waals surface area contributed by atoms with Crippen LogP contribution in [0.25, 0.3) is 10.9 Å². The molecule has 10 heteroatoms. The van der Waals surface area contributed by atoms with Crippen molar-refractivity contribution in [3.8, 4) is 0 Å². The highest BCUT2D eigenvalue weighted by atomic mass is 32.3. The van der Waals surface area contributed by atoms with E-state index in [-0.39, 0.29) is 9.79 Å². The van der Waals surface area contributed by atoms with Gasteiger partial charge in [0.25, 0.3) is 20.0 Å². The Kier molecular flexibility index (Phi) is 6.78. The molecule has 0 bridgehead atoms. The van der Waals surface area contributed by atoms with Crippen molar-refractivity contribution < 1.29 is 26.4 Å². The fraction of sp³-hybridized carbons (Fsp3) is 0.192. The van der Waals surface area contributed by atoms with E-state index >= 15 is 0 Å². The third-order valence-electron chi connectivity index (χ3n) is 5.30. The Hall–Kier alpha value is -3.47. The third kappa shape index (κ3) is 5.06. The Labute approximate surface area is 210 Å². The van der Waals surface area contributed by atoms with E-state index in [4.69, 9.17) is 4.74 Å². The molecule has 0 N–H and O–H groups in total. The molecule has 36 heavy (non-hydrogen) atoms. The summed E-state index contributed by atoms with van der Waals surface area (Å²) in [4.78, 5) is 12.6. The van der Waals surface area contributed by atoms with Crippen LogP contribution in [0.1, 0.15) is 26.3 Å². The van der Waals surface area contributed by atoms with Gasteiger partial charge >= 0.3 is 6.09 Å². The van der Waals surface area contributed by atoms with Crippen molar-refractivity contribution >= 4 is 37.0 Å². The predicted octanol–water partition coefficient (Wildman–Crippen LogP) is 5.00. The summed E-state index contributed by atoms with van der Waals surface area (Å²) in [5.74, 6) is 0. The number of para-hydroxylation sites is 1. The molecule has 4 aromatic rings. The van der Waals surface area contributed by atoms with E-state index in [1.807, 2.05) is 0 Å². The third-order valence-corrected chi connectivity index (χ3v) is 9.55. The first-order valence-electron chi connectivity index (χ1n) is 11.1. The van der Waals surface area contributed by atoms with Crippen LogP contribution < -0.4 is 0 Å². The van der Waals surface area contributed by atoms with Gasteiger partial charge in [0.1, 0.15) is 5.60 Å². The molecule has 188 valence electrons. The van der Waals surface area contributed by atoms with E-state index in [1.54, 1.807) is 57.2 Å². The van der Waals surface area contributed by atoms with E-state index < -0.39 is 38.3 Å². The van der Waals surface area contributed by atoms with Crippen LogP contribution >= 0.6 is 0 Å². The fourth-order valence-corrected chi connectivity index (χ4v) is 7.34. The van der Waals surface area contributed by atoms with Gasteiger partial charge in [0, 0.05) is 11.6 Å². The Morgan fingerprint density at radius 1 is 0.778 bits per heavy atom. The van der Waals surface area contributed by atoms with Gasteiger partial charge in [-0.05, 0) is 56.7 Å². The van der Waals surface area contributed by atoms with Gasteiger partial charge < -0.3 is 4.74 Å². The molecule has 0 saturated carbocycles. The van der Waals surface area contributed by atoms with Gasteiger partial charge in [-0.25, -0.2) is 21.6 Å². The molecule has 0 aliphatic rings. The van der Waals surface area contributed by atoms with Crippen LogP contribution in [0.3, 0.4) is 0 Å². The summed E-state index contributed by atoms with van der Waals surface area (Å²) in [6.45, 7) is 4.68. The van der Waals surface area contributed by atoms with Gasteiger partial charge in [-0.2, -0.15) is 0 Å². The Bertz CT molecular complexity index is 1540. The second kappa shape index (κ2) is 9.53. The van der Waals surface area contributed by atoms with E-state index in [0.717, 1.165) is 0 Å². The van der Waals surface area contributed by atoms with Gasteiger partial charge in [0.05, 0.1) is 21.9 Å². The smallest absolute Gasteiger partial charge is 0.419 e. The first kappa shape index (κ1) is 25.6. The molecule has 0 saturated heterocycles. The molecule has 0 aliphatic heterocycles. The van der Waals surface area contributed by atoms with Crippen molar-refractivity contribution in [3.05, 3.63) is 96.7 Å². The summed E-state index contributed by atoms with van der Waals surface area (Å²) in [5, 5.41) is 0.528. The van der Waals surface area contributed by atoms with E-state index in [9.17, 15) is 21.6 Å². The zero-order valence-corrected chi connectivity index (χ0v) is 21.7. The fourth-order valence-electron chi connectivity index (χ4n) is 3.70. The minimum atomic E-state index is -4.49. The summed E-state index contributed by atoms with van der Waals surface area (Å²) in [6, 6.07) is 21.6. The largest absolute Gasteiger partial charge is 0.443 e. The topological polar surface area (TPSA) is 103 Å². The average molecular weight is 527 g/mol. The van der Waals surface area contributed by atoms with E-state index in [0.29, 0.717) is 20.2 Å². The Morgan fingerprint density at radius 3 is 1.75 bits per heavy atom. The van der Waals surface area contributed by atoms with Crippen LogP contribution in [0.4, 0.5) is 4.79 Å². The lowest BCUT2D eigenvalue weighted by Gasteiger charge is -2.22. The molecule has 0 spiro atoms. The first-order chi connectivity index (χ1) is 16.9. The predicted molar refractivity (Wildman–Crippen MR) is 136 cm³/mol. The summed E-state index contributed by atoms with van der Waals surface area (Å²) in [7, 11) is -8.99. The molecule has 0 atom stereocenters. The maximum atomic E-state index is 13.7. The lowest BCUT2D eigenvalue weighted by atomic mass is 10.2. The number of aromatic nitrogens is 1. The normalized spacial score (nSPS) is 12.7. The number of nitrogens with zero attached hydrogens (tertiary/aromatic N) is 2. The summed E-state index contributed by atoms with van der Waals surface area (Å²) in [6.07, 6.45) is 0.764. The van der Waals surface area contributed by atoms with Gasteiger partial charge in [-0.15, -0.1) is 0 Å². The SMILES string of the molecule is CC(C)(C)OC(=O)n1cc(CN(S(=O)(=O)c2ccccc2)S(=O)(=O)c2ccccc2)c2ccccc21. The summed E-state index contributed by atoms with van der Waals surface area (Å²) in [5.41, 5.74) is 0.0356. The van der Waals surface area contributed by atoms with Crippen molar-refractivity contribution in [2.45, 2.75) is 42.7 Å². The number of hydrogen-bond donors (Lipinski definition) is 0. The van der Waals surface area contributed by atoms with Crippen molar-refractivity contribution in [2.75, 3.05) is 0 Å². The molecule has 0 amide bonds. The van der Waals surface area contributed by atoms with Crippen LogP contribution in [0.2, 0.25) is 0 Å². The monoisotopic (exact) mass is 526 g/mol. The van der Waals surface area contributed by atoms with Gasteiger partial charge in [-0.1, -0.05) is 58.3 Å². The molecule has 8 nitrogen and oxygen atoms in total. The van der Waals surface area contributed by atoms with E-state index in [1.165, 1.54) is 59.3 Å². The first-order valence-corrected chi connectivity index (χ1v) is 14.0. The van der Waals surface area contributed by atoms with Crippen molar-refractivity contribution in [3.63, 3.8) is 0 Å². The van der Waals surface area contributed by atoms with Crippen molar-refractivity contribution in [1.82, 2.24) is 8.28 Å². The number of ether oxygens (including phenoxy) is 1. The summed E-state index contributed by atoms with van der Waals surface area (Å²) >= 11 is 0. The maximum absolute atomic E-state index is 13.7. The number of carbonyl (C=O) groups is 1. The Balaban J connectivity index is 1.88. The molecule has 0 radical (unpaired) electrons. The van der Waals surface area contributed by atoms with Crippen molar-refractivity contribution in [1.29, 1.82) is 0 Å². The number of benzene rings is 3. The molecule has 4 rings (SSSR count). The zero-order chi connectivity index (χ0) is 26.1. The molecular formula is C26H26N2O6S2. The molecular weight excluding hydrogens is 500 g/mol. The van der Waals surface area contributed by atoms with Gasteiger partial charge in [0.15, 0.2) is 0 Å². The molecule has 3 aromatic carbocycles. The average Bonchev–Trinajstić information content (AvgIpc) is 3.21. The number of hydrogen-bond acceptors (Lipinski definition) is 6. The van der Waals surface area contributed by atoms with Crippen LogP contribution in [-0.2, 0) is 31.3 Å². The highest BCUT2D eigenvalue weighted by Crippen LogP contribution is 2.30. The lowest BCUT2D eigenvalue weighted by molar-refractivity contribution is 0.0544. The minimum Gasteiger partial charge on any atom is -0.443 e. The highest BCUT2D eigenvalue weighted by molar-refractivity contribution is 8.04. The number of carbonyl (C=O) groups excluding carboxylic acids is 1. The van der Waals surface area contributed by atoms with Crippen LogP contribution in [0.15, 0.2) is 101 Å². The summed E-state index contributed by atoms with van der Waals surface area (Å²) < 4.78 is 61.9. The van der Waals surface area contributed by atoms with Crippen molar-refractivity contribution in [2.24, 2.45) is 0 Å².